The van der Waals surface area contributed by atoms with Crippen LogP contribution in [0.2, 0.25) is 0 Å². The number of esters is 1. The number of unbranched alkanes of at least 4 members (excludes halogenated alkanes) is 7. The Balaban J connectivity index is 1.52. The molecule has 2 rings (SSSR count). The molecule has 5 heteroatoms. The number of rotatable bonds is 15. The maximum absolute atomic E-state index is 10.9. The first-order valence-corrected chi connectivity index (χ1v) is 11.0. The molecule has 0 aromatic heterocycles. The molecule has 0 spiro atoms. The van der Waals surface area contributed by atoms with Gasteiger partial charge in [0, 0.05) is 6.08 Å². The maximum atomic E-state index is 10.9. The van der Waals surface area contributed by atoms with E-state index < -0.39 is 5.97 Å². The molecule has 166 valence electrons. The summed E-state index contributed by atoms with van der Waals surface area (Å²) >= 11 is 0. The Kier molecular flexibility index (Phi) is 10.9. The van der Waals surface area contributed by atoms with Crippen molar-refractivity contribution < 1.29 is 24.2 Å². The highest BCUT2D eigenvalue weighted by Crippen LogP contribution is 2.23. The highest BCUT2D eigenvalue weighted by Gasteiger charge is 2.04. The van der Waals surface area contributed by atoms with E-state index in [1.165, 1.54) is 31.8 Å². The van der Waals surface area contributed by atoms with Crippen LogP contribution < -0.4 is 4.74 Å². The fourth-order valence-electron chi connectivity index (χ4n) is 3.24. The number of benzene rings is 2. The van der Waals surface area contributed by atoms with Crippen molar-refractivity contribution in [3.63, 3.8) is 0 Å². The molecule has 0 saturated carbocycles. The van der Waals surface area contributed by atoms with Gasteiger partial charge in [-0.15, -0.1) is 0 Å². The van der Waals surface area contributed by atoms with Gasteiger partial charge in [-0.25, -0.2) is 9.59 Å². The van der Waals surface area contributed by atoms with Crippen molar-refractivity contribution >= 4 is 11.9 Å². The van der Waals surface area contributed by atoms with Crippen molar-refractivity contribution in [2.75, 3.05) is 13.2 Å². The third-order valence-electron chi connectivity index (χ3n) is 5.04. The zero-order chi connectivity index (χ0) is 22.3. The van der Waals surface area contributed by atoms with Gasteiger partial charge in [-0.1, -0.05) is 69.4 Å². The SMILES string of the molecule is C=CC(=O)OCCCCCCCCCCOc1ccc(-c2ccc(C(=O)O)cc2)cc1. The van der Waals surface area contributed by atoms with Crippen molar-refractivity contribution in [1.82, 2.24) is 0 Å². The third-order valence-corrected chi connectivity index (χ3v) is 5.04. The highest BCUT2D eigenvalue weighted by molar-refractivity contribution is 5.88. The fraction of sp³-hybridized carbons (Fsp3) is 0.385. The van der Waals surface area contributed by atoms with E-state index in [2.05, 4.69) is 6.58 Å². The Bertz CT molecular complexity index is 809. The minimum Gasteiger partial charge on any atom is -0.494 e. The summed E-state index contributed by atoms with van der Waals surface area (Å²) in [6.45, 7) is 4.57. The van der Waals surface area contributed by atoms with E-state index in [0.717, 1.165) is 42.6 Å². The van der Waals surface area contributed by atoms with Crippen molar-refractivity contribution in [2.24, 2.45) is 0 Å². The molecule has 0 aliphatic heterocycles. The van der Waals surface area contributed by atoms with E-state index in [0.29, 0.717) is 13.2 Å². The Morgan fingerprint density at radius 3 is 1.74 bits per heavy atom. The highest BCUT2D eigenvalue weighted by atomic mass is 16.5. The van der Waals surface area contributed by atoms with Crippen LogP contribution in [-0.2, 0) is 9.53 Å². The minimum atomic E-state index is -0.918. The molecular formula is C26H32O5. The lowest BCUT2D eigenvalue weighted by atomic mass is 10.0. The second-order valence-corrected chi connectivity index (χ2v) is 7.46. The Hall–Kier alpha value is -3.08. The Morgan fingerprint density at radius 1 is 0.742 bits per heavy atom. The molecule has 2 aromatic carbocycles. The molecule has 0 saturated heterocycles. The number of carboxylic acids is 1. The molecule has 1 N–H and O–H groups in total. The molecule has 5 nitrogen and oxygen atoms in total. The number of aromatic carboxylic acids is 1. The summed E-state index contributed by atoms with van der Waals surface area (Å²) in [4.78, 5) is 21.8. The normalized spacial score (nSPS) is 10.5. The van der Waals surface area contributed by atoms with E-state index in [-0.39, 0.29) is 11.5 Å². The van der Waals surface area contributed by atoms with Crippen LogP contribution in [-0.4, -0.2) is 30.3 Å². The van der Waals surface area contributed by atoms with Gasteiger partial charge < -0.3 is 14.6 Å². The molecule has 0 amide bonds. The molecule has 0 aliphatic carbocycles. The fourth-order valence-corrected chi connectivity index (χ4v) is 3.24. The second-order valence-electron chi connectivity index (χ2n) is 7.46. The van der Waals surface area contributed by atoms with Gasteiger partial charge in [0.25, 0.3) is 0 Å². The summed E-state index contributed by atoms with van der Waals surface area (Å²) in [6.07, 6.45) is 10.2. The number of hydrogen-bond acceptors (Lipinski definition) is 4. The first-order chi connectivity index (χ1) is 15.1. The molecule has 0 radical (unpaired) electrons. The lowest BCUT2D eigenvalue weighted by Crippen LogP contribution is -2.01. The van der Waals surface area contributed by atoms with Gasteiger partial charge in [-0.3, -0.25) is 0 Å². The number of carboxylic acid groups (broad SMARTS) is 1. The average molecular weight is 425 g/mol. The van der Waals surface area contributed by atoms with Crippen molar-refractivity contribution in [3.05, 3.63) is 66.7 Å². The molecule has 2 aromatic rings. The first kappa shape index (κ1) is 24.2. The van der Waals surface area contributed by atoms with E-state index in [1.54, 1.807) is 12.1 Å². The number of hydrogen-bond donors (Lipinski definition) is 1. The van der Waals surface area contributed by atoms with Gasteiger partial charge in [-0.2, -0.15) is 0 Å². The van der Waals surface area contributed by atoms with E-state index >= 15 is 0 Å². The van der Waals surface area contributed by atoms with E-state index in [1.807, 2.05) is 36.4 Å². The number of carbonyl (C=O) groups is 2. The Labute approximate surface area is 184 Å². The van der Waals surface area contributed by atoms with Crippen molar-refractivity contribution in [2.45, 2.75) is 51.4 Å². The van der Waals surface area contributed by atoms with Crippen LogP contribution in [0.25, 0.3) is 11.1 Å². The van der Waals surface area contributed by atoms with E-state index in [9.17, 15) is 9.59 Å². The van der Waals surface area contributed by atoms with Crippen LogP contribution in [0.4, 0.5) is 0 Å². The maximum Gasteiger partial charge on any atom is 0.335 e. The summed E-state index contributed by atoms with van der Waals surface area (Å²) in [6, 6.07) is 14.7. The molecule has 0 unspecified atom stereocenters. The summed E-state index contributed by atoms with van der Waals surface area (Å²) in [5.41, 5.74) is 2.30. The smallest absolute Gasteiger partial charge is 0.335 e. The Morgan fingerprint density at radius 2 is 1.23 bits per heavy atom. The monoisotopic (exact) mass is 424 g/mol. The van der Waals surface area contributed by atoms with Crippen molar-refractivity contribution in [3.8, 4) is 16.9 Å². The summed E-state index contributed by atoms with van der Waals surface area (Å²) in [7, 11) is 0. The standard InChI is InChI=1S/C26H32O5/c1-2-25(27)31-20-10-8-6-4-3-5-7-9-19-30-24-17-15-22(16-18-24)21-11-13-23(14-12-21)26(28)29/h2,11-18H,1,3-10,19-20H2,(H,28,29). The molecule has 0 bridgehead atoms. The van der Waals surface area contributed by atoms with Gasteiger partial charge in [0.05, 0.1) is 18.8 Å². The lowest BCUT2D eigenvalue weighted by Gasteiger charge is -2.08. The van der Waals surface area contributed by atoms with Crippen LogP contribution in [0.1, 0.15) is 61.7 Å². The molecule has 31 heavy (non-hydrogen) atoms. The lowest BCUT2D eigenvalue weighted by molar-refractivity contribution is -0.137. The molecule has 0 heterocycles. The summed E-state index contributed by atoms with van der Waals surface area (Å²) in [5.74, 6) is -0.410. The quantitative estimate of drug-likeness (QED) is 0.207. The van der Waals surface area contributed by atoms with Crippen LogP contribution in [0.15, 0.2) is 61.2 Å². The third kappa shape index (κ3) is 9.51. The average Bonchev–Trinajstić information content (AvgIpc) is 2.80. The van der Waals surface area contributed by atoms with Crippen LogP contribution in [0.3, 0.4) is 0 Å². The number of ether oxygens (including phenoxy) is 2. The zero-order valence-electron chi connectivity index (χ0n) is 18.1. The van der Waals surface area contributed by atoms with Crippen molar-refractivity contribution in [1.29, 1.82) is 0 Å². The van der Waals surface area contributed by atoms with Gasteiger partial charge in [0.2, 0.25) is 0 Å². The van der Waals surface area contributed by atoms with Gasteiger partial charge in [0.1, 0.15) is 5.75 Å². The molecule has 0 aliphatic rings. The molecule has 0 atom stereocenters. The predicted molar refractivity (Wildman–Crippen MR) is 122 cm³/mol. The van der Waals surface area contributed by atoms with Crippen LogP contribution in [0.5, 0.6) is 5.75 Å². The summed E-state index contributed by atoms with van der Waals surface area (Å²) in [5, 5.41) is 8.98. The molecular weight excluding hydrogens is 392 g/mol. The zero-order valence-corrected chi connectivity index (χ0v) is 18.1. The number of carbonyl (C=O) groups excluding carboxylic acids is 1. The first-order valence-electron chi connectivity index (χ1n) is 11.0. The molecule has 0 fully saturated rings. The largest absolute Gasteiger partial charge is 0.494 e. The van der Waals surface area contributed by atoms with Crippen LogP contribution in [0, 0.1) is 0 Å². The van der Waals surface area contributed by atoms with Gasteiger partial charge in [-0.05, 0) is 48.2 Å². The predicted octanol–water partition coefficient (Wildman–Crippen LogP) is 6.28. The van der Waals surface area contributed by atoms with Gasteiger partial charge in [0.15, 0.2) is 0 Å². The second kappa shape index (κ2) is 14.0. The minimum absolute atomic E-state index is 0.287. The van der Waals surface area contributed by atoms with Crippen LogP contribution >= 0.6 is 0 Å². The summed E-state index contributed by atoms with van der Waals surface area (Å²) < 4.78 is 10.8. The topological polar surface area (TPSA) is 72.8 Å². The van der Waals surface area contributed by atoms with E-state index in [4.69, 9.17) is 14.6 Å². The van der Waals surface area contributed by atoms with Gasteiger partial charge >= 0.3 is 11.9 Å².